The van der Waals surface area contributed by atoms with Gasteiger partial charge in [0.2, 0.25) is 0 Å². The molecular formula is C50H101Cl3NO3V. The molecule has 2 atom stereocenters. The Morgan fingerprint density at radius 1 is 0.414 bits per heavy atom. The van der Waals surface area contributed by atoms with Gasteiger partial charge in [-0.1, -0.05) is 240 Å². The Bertz CT molecular complexity index is 822. The molecule has 0 fully saturated rings. The third-order valence-corrected chi connectivity index (χ3v) is 14.9. The van der Waals surface area contributed by atoms with Crippen LogP contribution in [-0.4, -0.2) is 34.0 Å². The molecule has 2 unspecified atom stereocenters. The van der Waals surface area contributed by atoms with Crippen LogP contribution in [0.5, 0.6) is 0 Å². The second-order valence-electron chi connectivity index (χ2n) is 18.2. The third kappa shape index (κ3) is 37.5. The molecule has 58 heavy (non-hydrogen) atoms. The van der Waals surface area contributed by atoms with Crippen LogP contribution in [0.1, 0.15) is 285 Å². The SMILES string of the molecule is CCCCCCCCCCCC[N+](CCCCCCCCCCCC)(CCCCCCCCCCCC)C(Cl)(Cl)C(Cl)CCCCCCC(CC)CCC.[O]=[V](=[O])[O-]. The molecule has 0 aliphatic carbocycles. The molecule has 0 spiro atoms. The van der Waals surface area contributed by atoms with Crippen LogP contribution in [0.2, 0.25) is 0 Å². The van der Waals surface area contributed by atoms with E-state index in [4.69, 9.17) is 46.2 Å². The monoisotopic (exact) mass is 920 g/mol. The van der Waals surface area contributed by atoms with E-state index in [0.717, 1.165) is 42.9 Å². The van der Waals surface area contributed by atoms with Gasteiger partial charge in [-0.05, 0) is 74.1 Å². The molecule has 0 rings (SSSR count). The summed E-state index contributed by atoms with van der Waals surface area (Å²) in [5, 5.41) is -0.196. The van der Waals surface area contributed by atoms with Crippen LogP contribution < -0.4 is 4.03 Å². The first-order valence-electron chi connectivity index (χ1n) is 25.8. The number of quaternary nitrogens is 1. The van der Waals surface area contributed by atoms with Crippen molar-refractivity contribution in [2.75, 3.05) is 19.6 Å². The molecule has 350 valence electrons. The fourth-order valence-corrected chi connectivity index (χ4v) is 10.1. The Hall–Kier alpha value is 0.974. The normalized spacial score (nSPS) is 13.1. The van der Waals surface area contributed by atoms with E-state index in [9.17, 15) is 0 Å². The summed E-state index contributed by atoms with van der Waals surface area (Å²) < 4.78 is 25.6. The van der Waals surface area contributed by atoms with Crippen molar-refractivity contribution in [3.63, 3.8) is 0 Å². The van der Waals surface area contributed by atoms with Crippen molar-refractivity contribution in [3.05, 3.63) is 0 Å². The predicted molar refractivity (Wildman–Crippen MR) is 252 cm³/mol. The van der Waals surface area contributed by atoms with Crippen LogP contribution >= 0.6 is 34.8 Å². The zero-order valence-electron chi connectivity index (χ0n) is 39.6. The minimum atomic E-state index is -3.94. The molecule has 0 aliphatic rings. The van der Waals surface area contributed by atoms with E-state index in [1.807, 2.05) is 0 Å². The van der Waals surface area contributed by atoms with Gasteiger partial charge in [-0.2, -0.15) is 0 Å². The molecule has 0 saturated carbocycles. The van der Waals surface area contributed by atoms with E-state index in [2.05, 4.69) is 34.6 Å². The number of rotatable bonds is 45. The van der Waals surface area contributed by atoms with Crippen molar-refractivity contribution >= 4 is 34.8 Å². The van der Waals surface area contributed by atoms with Gasteiger partial charge >= 0.3 is 26.8 Å². The number of hydrogen-bond acceptors (Lipinski definition) is 3. The fraction of sp³-hybridized carbons (Fsp3) is 1.00. The molecule has 0 bridgehead atoms. The van der Waals surface area contributed by atoms with E-state index in [1.54, 1.807) is 0 Å². The zero-order valence-corrected chi connectivity index (χ0v) is 43.3. The number of unbranched alkanes of at least 4 members (excludes halogenated alkanes) is 30. The standard InChI is InChI=1S/C50H101Cl3N.3O.V/c1-6-11-14-17-20-23-26-29-34-39-45-54(46-40-35-30-27-24-21-18-15-12-7-2,47-41-36-31-28-25-22-19-16-13-8-3)50(52,53)49(51)44-38-33-32-37-43-48(10-5)42-9-4;;;;/h48-49H,6-47H2,1-5H3;;;;/q+1;;;-1;. The van der Waals surface area contributed by atoms with Gasteiger partial charge in [-0.15, -0.1) is 11.6 Å². The molecule has 0 radical (unpaired) electrons. The number of halogens is 3. The van der Waals surface area contributed by atoms with Gasteiger partial charge in [0, 0.05) is 0 Å². The minimum absolute atomic E-state index is 0.196. The van der Waals surface area contributed by atoms with Gasteiger partial charge < -0.3 is 0 Å². The van der Waals surface area contributed by atoms with Crippen molar-refractivity contribution in [2.24, 2.45) is 5.92 Å². The third-order valence-electron chi connectivity index (χ3n) is 12.9. The molecule has 0 aromatic heterocycles. The van der Waals surface area contributed by atoms with E-state index < -0.39 is 19.9 Å². The first-order chi connectivity index (χ1) is 28.1. The molecule has 8 heteroatoms. The second-order valence-corrected chi connectivity index (χ2v) is 20.8. The van der Waals surface area contributed by atoms with Gasteiger partial charge in [0.1, 0.15) is 5.38 Å². The Kier molecular flexibility index (Phi) is 48.4. The summed E-state index contributed by atoms with van der Waals surface area (Å²) in [5.74, 6) is 0.911. The molecule has 0 N–H and O–H groups in total. The van der Waals surface area contributed by atoms with Crippen LogP contribution in [0, 0.1) is 5.92 Å². The summed E-state index contributed by atoms with van der Waals surface area (Å²) in [6, 6.07) is 0. The van der Waals surface area contributed by atoms with Gasteiger partial charge in [0.25, 0.3) is 4.46 Å². The number of nitrogens with zero attached hydrogens (tertiary/aromatic N) is 1. The van der Waals surface area contributed by atoms with Gasteiger partial charge in [-0.3, -0.25) is 4.48 Å². The van der Waals surface area contributed by atoms with Gasteiger partial charge in [0.15, 0.2) is 0 Å². The topological polar surface area (TPSA) is 57.2 Å². The summed E-state index contributed by atoms with van der Waals surface area (Å²) in [6.07, 6.45) is 52.4. The summed E-state index contributed by atoms with van der Waals surface area (Å²) >= 11 is 18.9. The Morgan fingerprint density at radius 2 is 0.672 bits per heavy atom. The quantitative estimate of drug-likeness (QED) is 0.0265. The molecular weight excluding hydrogens is 820 g/mol. The van der Waals surface area contributed by atoms with Crippen LogP contribution in [0.3, 0.4) is 0 Å². The van der Waals surface area contributed by atoms with Crippen molar-refractivity contribution in [1.82, 2.24) is 0 Å². The van der Waals surface area contributed by atoms with E-state index in [1.165, 1.54) is 238 Å². The maximum absolute atomic E-state index is 8.56. The summed E-state index contributed by atoms with van der Waals surface area (Å²) in [4.78, 5) is 0. The maximum atomic E-state index is 8.56. The molecule has 4 nitrogen and oxygen atoms in total. The Morgan fingerprint density at radius 3 is 0.948 bits per heavy atom. The fourth-order valence-electron chi connectivity index (χ4n) is 9.03. The first kappa shape index (κ1) is 61.1. The summed E-state index contributed by atoms with van der Waals surface area (Å²) in [5.41, 5.74) is 0. The molecule has 0 aromatic carbocycles. The number of hydrogen-bond donors (Lipinski definition) is 0. The zero-order chi connectivity index (χ0) is 43.4. The average Bonchev–Trinajstić information content (AvgIpc) is 3.20. The molecule has 0 heterocycles. The molecule has 0 saturated heterocycles. The molecule has 0 aromatic rings. The first-order valence-corrected chi connectivity index (χ1v) is 28.7. The van der Waals surface area contributed by atoms with Crippen molar-refractivity contribution in [3.8, 4) is 0 Å². The van der Waals surface area contributed by atoms with Crippen LogP contribution in [0.15, 0.2) is 0 Å². The predicted octanol–water partition coefficient (Wildman–Crippen LogP) is 18.0. The van der Waals surface area contributed by atoms with Crippen molar-refractivity contribution < 1.29 is 31.3 Å². The Balaban J connectivity index is 0. The molecule has 0 amide bonds. The van der Waals surface area contributed by atoms with Gasteiger partial charge in [-0.25, -0.2) is 0 Å². The van der Waals surface area contributed by atoms with E-state index in [-0.39, 0.29) is 5.38 Å². The summed E-state index contributed by atoms with van der Waals surface area (Å²) in [7, 11) is 0. The average molecular weight is 922 g/mol. The van der Waals surface area contributed by atoms with Crippen LogP contribution in [-0.2, 0) is 22.7 Å². The van der Waals surface area contributed by atoms with Crippen LogP contribution in [0.4, 0.5) is 0 Å². The summed E-state index contributed by atoms with van der Waals surface area (Å²) in [6.45, 7) is 14.9. The van der Waals surface area contributed by atoms with Crippen molar-refractivity contribution in [1.29, 1.82) is 0 Å². The second kappa shape index (κ2) is 46.0. The van der Waals surface area contributed by atoms with Crippen LogP contribution in [0.25, 0.3) is 0 Å². The van der Waals surface area contributed by atoms with Crippen molar-refractivity contribution in [2.45, 2.75) is 295 Å². The number of alkyl halides is 3. The van der Waals surface area contributed by atoms with Gasteiger partial charge in [0.05, 0.1) is 19.6 Å². The van der Waals surface area contributed by atoms with E-state index in [0.29, 0.717) is 0 Å². The van der Waals surface area contributed by atoms with E-state index >= 15 is 0 Å². The molecule has 0 aliphatic heterocycles. The Labute approximate surface area is 384 Å².